The number of phenols is 1. The molecule has 0 spiro atoms. The number of phenolic OH excluding ortho intramolecular Hbond substituents is 1. The predicted molar refractivity (Wildman–Crippen MR) is 41.9 cm³/mol. The lowest BCUT2D eigenvalue weighted by Crippen LogP contribution is -1.97. The quantitative estimate of drug-likeness (QED) is 0.574. The van der Waals surface area contributed by atoms with E-state index in [-0.39, 0.29) is 12.4 Å². The minimum Gasteiger partial charge on any atom is -0.508 e. The molecule has 0 fully saturated rings. The molecule has 1 aromatic carbocycles. The summed E-state index contributed by atoms with van der Waals surface area (Å²) in [6, 6.07) is 4.89. The minimum absolute atomic E-state index is 0.0206. The Morgan fingerprint density at radius 2 is 2.09 bits per heavy atom. The van der Waals surface area contributed by atoms with Gasteiger partial charge in [0.1, 0.15) is 5.75 Å². The van der Waals surface area contributed by atoms with Gasteiger partial charge in [-0.3, -0.25) is 0 Å². The van der Waals surface area contributed by atoms with Crippen LogP contribution in [0.25, 0.3) is 0 Å². The Balaban J connectivity index is 3.02. The van der Waals surface area contributed by atoms with Crippen molar-refractivity contribution in [2.24, 2.45) is 5.73 Å². The molecule has 0 atom stereocenters. The smallest absolute Gasteiger partial charge is 0.120 e. The van der Waals surface area contributed by atoms with E-state index in [2.05, 4.69) is 0 Å². The number of nitrogens with two attached hydrogens (primary N) is 1. The molecule has 0 bridgehead atoms. The molecule has 0 aliphatic rings. The summed E-state index contributed by atoms with van der Waals surface area (Å²) in [5.74, 6) is 0.185. The lowest BCUT2D eigenvalue weighted by Gasteiger charge is -2.02. The first-order valence-electron chi connectivity index (χ1n) is 3.39. The third kappa shape index (κ3) is 1.69. The van der Waals surface area contributed by atoms with Gasteiger partial charge in [-0.2, -0.15) is 0 Å². The van der Waals surface area contributed by atoms with Gasteiger partial charge in [0.05, 0.1) is 6.61 Å². The lowest BCUT2D eigenvalue weighted by molar-refractivity contribution is 0.281. The van der Waals surface area contributed by atoms with Crippen LogP contribution >= 0.6 is 0 Å². The van der Waals surface area contributed by atoms with Gasteiger partial charge in [0.15, 0.2) is 0 Å². The molecule has 4 N–H and O–H groups in total. The maximum atomic E-state index is 9.17. The fourth-order valence-electron chi connectivity index (χ4n) is 0.901. The van der Waals surface area contributed by atoms with Crippen LogP contribution in [0.15, 0.2) is 18.2 Å². The van der Waals surface area contributed by atoms with Crippen LogP contribution in [0.2, 0.25) is 0 Å². The van der Waals surface area contributed by atoms with Crippen molar-refractivity contribution in [2.45, 2.75) is 13.2 Å². The molecule has 0 amide bonds. The monoisotopic (exact) mass is 153 g/mol. The largest absolute Gasteiger partial charge is 0.508 e. The summed E-state index contributed by atoms with van der Waals surface area (Å²) in [4.78, 5) is 0. The van der Waals surface area contributed by atoms with Gasteiger partial charge in [-0.25, -0.2) is 0 Å². The van der Waals surface area contributed by atoms with E-state index in [0.717, 1.165) is 5.56 Å². The highest BCUT2D eigenvalue weighted by atomic mass is 16.3. The molecule has 0 heterocycles. The molecule has 3 heteroatoms. The lowest BCUT2D eigenvalue weighted by atomic mass is 10.1. The van der Waals surface area contributed by atoms with E-state index in [1.54, 1.807) is 12.1 Å². The molecule has 11 heavy (non-hydrogen) atoms. The number of rotatable bonds is 2. The van der Waals surface area contributed by atoms with Crippen molar-refractivity contribution in [3.8, 4) is 5.75 Å². The highest BCUT2D eigenvalue weighted by molar-refractivity contribution is 5.35. The molecular weight excluding hydrogens is 142 g/mol. The standard InChI is InChI=1S/C8H11NO2/c9-4-7-3-6(5-10)1-2-8(7)11/h1-3,10-11H,4-5,9H2. The second-order valence-corrected chi connectivity index (χ2v) is 2.33. The van der Waals surface area contributed by atoms with Gasteiger partial charge in [0.2, 0.25) is 0 Å². The second-order valence-electron chi connectivity index (χ2n) is 2.33. The third-order valence-electron chi connectivity index (χ3n) is 1.55. The first-order valence-corrected chi connectivity index (χ1v) is 3.39. The Bertz CT molecular complexity index is 248. The fourth-order valence-corrected chi connectivity index (χ4v) is 0.901. The van der Waals surface area contributed by atoms with Gasteiger partial charge in [-0.15, -0.1) is 0 Å². The molecule has 3 nitrogen and oxygen atoms in total. The number of benzene rings is 1. The summed E-state index contributed by atoms with van der Waals surface area (Å²) < 4.78 is 0. The van der Waals surface area contributed by atoms with E-state index in [4.69, 9.17) is 15.9 Å². The topological polar surface area (TPSA) is 66.5 Å². The van der Waals surface area contributed by atoms with E-state index in [1.807, 2.05) is 0 Å². The van der Waals surface area contributed by atoms with E-state index < -0.39 is 0 Å². The number of aliphatic hydroxyl groups is 1. The van der Waals surface area contributed by atoms with E-state index >= 15 is 0 Å². The summed E-state index contributed by atoms with van der Waals surface area (Å²) in [5.41, 5.74) is 6.76. The summed E-state index contributed by atoms with van der Waals surface area (Å²) in [6.45, 7) is 0.271. The normalized spacial score (nSPS) is 10.0. The van der Waals surface area contributed by atoms with Crippen molar-refractivity contribution in [1.29, 1.82) is 0 Å². The number of hydrogen-bond donors (Lipinski definition) is 3. The number of aromatic hydroxyl groups is 1. The van der Waals surface area contributed by atoms with Gasteiger partial charge in [0.25, 0.3) is 0 Å². The third-order valence-corrected chi connectivity index (χ3v) is 1.55. The predicted octanol–water partition coefficient (Wildman–Crippen LogP) is 0.343. The highest BCUT2D eigenvalue weighted by Gasteiger charge is 1.98. The van der Waals surface area contributed by atoms with Crippen LogP contribution in [-0.4, -0.2) is 10.2 Å². The summed E-state index contributed by atoms with van der Waals surface area (Å²) in [7, 11) is 0. The van der Waals surface area contributed by atoms with Crippen LogP contribution in [0.4, 0.5) is 0 Å². The average molecular weight is 153 g/mol. The molecule has 1 aromatic rings. The van der Waals surface area contributed by atoms with Crippen molar-refractivity contribution in [3.05, 3.63) is 29.3 Å². The van der Waals surface area contributed by atoms with Gasteiger partial charge >= 0.3 is 0 Å². The van der Waals surface area contributed by atoms with E-state index in [1.165, 1.54) is 6.07 Å². The van der Waals surface area contributed by atoms with Crippen LogP contribution in [0.5, 0.6) is 5.75 Å². The molecular formula is C8H11NO2. The Hall–Kier alpha value is -1.06. The molecule has 0 saturated carbocycles. The SMILES string of the molecule is NCc1cc(CO)ccc1O. The van der Waals surface area contributed by atoms with Crippen molar-refractivity contribution < 1.29 is 10.2 Å². The molecule has 0 saturated heterocycles. The molecule has 0 aromatic heterocycles. The van der Waals surface area contributed by atoms with Gasteiger partial charge in [0, 0.05) is 12.1 Å². The van der Waals surface area contributed by atoms with Crippen LogP contribution in [0.1, 0.15) is 11.1 Å². The first-order chi connectivity index (χ1) is 5.27. The Kier molecular flexibility index (Phi) is 2.46. The Labute approximate surface area is 65.1 Å². The van der Waals surface area contributed by atoms with Crippen molar-refractivity contribution in [3.63, 3.8) is 0 Å². The second kappa shape index (κ2) is 3.37. The van der Waals surface area contributed by atoms with Crippen molar-refractivity contribution in [1.82, 2.24) is 0 Å². The highest BCUT2D eigenvalue weighted by Crippen LogP contribution is 2.17. The van der Waals surface area contributed by atoms with Gasteiger partial charge in [-0.05, 0) is 17.7 Å². The molecule has 0 aliphatic heterocycles. The van der Waals surface area contributed by atoms with Crippen LogP contribution in [-0.2, 0) is 13.2 Å². The van der Waals surface area contributed by atoms with Crippen LogP contribution in [0.3, 0.4) is 0 Å². The molecule has 1 rings (SSSR count). The van der Waals surface area contributed by atoms with E-state index in [0.29, 0.717) is 12.1 Å². The van der Waals surface area contributed by atoms with Crippen molar-refractivity contribution in [2.75, 3.05) is 0 Å². The molecule has 0 unspecified atom stereocenters. The summed E-state index contributed by atoms with van der Waals surface area (Å²) in [6.07, 6.45) is 0. The van der Waals surface area contributed by atoms with Gasteiger partial charge < -0.3 is 15.9 Å². The van der Waals surface area contributed by atoms with Crippen LogP contribution < -0.4 is 5.73 Å². The number of hydrogen-bond acceptors (Lipinski definition) is 3. The zero-order valence-corrected chi connectivity index (χ0v) is 6.12. The Morgan fingerprint density at radius 1 is 1.36 bits per heavy atom. The van der Waals surface area contributed by atoms with Gasteiger partial charge in [-0.1, -0.05) is 6.07 Å². The summed E-state index contributed by atoms with van der Waals surface area (Å²) in [5, 5.41) is 17.9. The Morgan fingerprint density at radius 3 is 2.64 bits per heavy atom. The zero-order valence-electron chi connectivity index (χ0n) is 6.12. The average Bonchev–Trinajstić information content (AvgIpc) is 2.05. The molecule has 60 valence electrons. The maximum absolute atomic E-state index is 9.17. The zero-order chi connectivity index (χ0) is 8.27. The number of aliphatic hydroxyl groups excluding tert-OH is 1. The van der Waals surface area contributed by atoms with Crippen molar-refractivity contribution >= 4 is 0 Å². The fraction of sp³-hybridized carbons (Fsp3) is 0.250. The first kappa shape index (κ1) is 8.04. The molecule has 0 aliphatic carbocycles. The minimum atomic E-state index is -0.0206. The maximum Gasteiger partial charge on any atom is 0.120 e. The molecule has 0 radical (unpaired) electrons. The van der Waals surface area contributed by atoms with Crippen LogP contribution in [0, 0.1) is 0 Å². The van der Waals surface area contributed by atoms with E-state index in [9.17, 15) is 0 Å². The summed E-state index contributed by atoms with van der Waals surface area (Å²) >= 11 is 0.